The van der Waals surface area contributed by atoms with Crippen LogP contribution in [-0.2, 0) is 14.8 Å². The molecule has 10 heteroatoms. The number of aliphatic carboxylic acids is 1. The van der Waals surface area contributed by atoms with Gasteiger partial charge in [-0.3, -0.25) is 4.79 Å². The molecule has 0 spiro atoms. The van der Waals surface area contributed by atoms with Crippen LogP contribution >= 0.6 is 0 Å². The van der Waals surface area contributed by atoms with Gasteiger partial charge < -0.3 is 10.2 Å². The smallest absolute Gasteiger partial charge is 0.305 e. The molecular formula is C26H36FN3O5S. The van der Waals surface area contributed by atoms with Crippen molar-refractivity contribution < 1.29 is 27.8 Å². The first-order chi connectivity index (χ1) is 16.5. The van der Waals surface area contributed by atoms with Gasteiger partial charge in [0, 0.05) is 18.2 Å². The summed E-state index contributed by atoms with van der Waals surface area (Å²) in [4.78, 5) is 20.2. The van der Waals surface area contributed by atoms with E-state index in [4.69, 9.17) is 5.11 Å². The van der Waals surface area contributed by atoms with Gasteiger partial charge in [-0.05, 0) is 47.9 Å². The third-order valence-corrected chi connectivity index (χ3v) is 7.11. The molecule has 0 aliphatic rings. The van der Waals surface area contributed by atoms with Crippen LogP contribution in [0.1, 0.15) is 64.6 Å². The lowest BCUT2D eigenvalue weighted by atomic mass is 9.76. The average Bonchev–Trinajstić information content (AvgIpc) is 2.74. The number of benzene rings is 1. The molecule has 0 bridgehead atoms. The van der Waals surface area contributed by atoms with Gasteiger partial charge in [-0.15, -0.1) is 0 Å². The van der Waals surface area contributed by atoms with Gasteiger partial charge in [0.15, 0.2) is 0 Å². The van der Waals surface area contributed by atoms with Gasteiger partial charge in [0.25, 0.3) is 0 Å². The number of anilines is 1. The van der Waals surface area contributed by atoms with Crippen LogP contribution in [0.15, 0.2) is 30.3 Å². The molecule has 2 N–H and O–H groups in total. The van der Waals surface area contributed by atoms with E-state index in [2.05, 4.69) is 9.97 Å². The molecule has 36 heavy (non-hydrogen) atoms. The zero-order valence-corrected chi connectivity index (χ0v) is 22.7. The maximum absolute atomic E-state index is 13.7. The van der Waals surface area contributed by atoms with Crippen molar-refractivity contribution in [3.63, 3.8) is 0 Å². The Kier molecular flexibility index (Phi) is 9.36. The van der Waals surface area contributed by atoms with Crippen molar-refractivity contribution in [3.8, 4) is 11.3 Å². The molecule has 2 atom stereocenters. The van der Waals surface area contributed by atoms with Crippen molar-refractivity contribution in [2.45, 2.75) is 59.5 Å². The van der Waals surface area contributed by atoms with Crippen molar-refractivity contribution in [2.75, 3.05) is 17.6 Å². The Bertz CT molecular complexity index is 1210. The third kappa shape index (κ3) is 7.83. The summed E-state index contributed by atoms with van der Waals surface area (Å²) in [6.45, 7) is 9.85. The monoisotopic (exact) mass is 521 g/mol. The van der Waals surface area contributed by atoms with E-state index >= 15 is 0 Å². The van der Waals surface area contributed by atoms with Crippen LogP contribution < -0.4 is 4.31 Å². The number of halogens is 1. The minimum Gasteiger partial charge on any atom is -0.481 e. The maximum atomic E-state index is 13.7. The molecule has 1 aromatic heterocycles. The Morgan fingerprint density at radius 3 is 2.22 bits per heavy atom. The van der Waals surface area contributed by atoms with Gasteiger partial charge in [-0.25, -0.2) is 27.1 Å². The van der Waals surface area contributed by atoms with E-state index in [1.165, 1.54) is 19.2 Å². The Hall–Kier alpha value is -2.85. The number of nitrogens with zero attached hydrogens (tertiary/aromatic N) is 3. The first kappa shape index (κ1) is 29.4. The van der Waals surface area contributed by atoms with E-state index in [1.807, 2.05) is 46.8 Å². The van der Waals surface area contributed by atoms with Gasteiger partial charge in [-0.2, -0.15) is 0 Å². The highest BCUT2D eigenvalue weighted by Gasteiger charge is 2.27. The molecule has 1 aromatic carbocycles. The number of aliphatic hydroxyl groups is 1. The highest BCUT2D eigenvalue weighted by molar-refractivity contribution is 7.92. The first-order valence-corrected chi connectivity index (χ1v) is 13.5. The standard InChI is InChI=1S/C26H36FN3O5S/c1-16(2)23-21(13-10-18(26(3,4)5)14-20(31)15-22(32)33)24(17-8-11-19(27)12-9-17)29-25(28-23)30(6)36(7,34)35/h8-13,16,18,20,31H,14-15H2,1-7H3,(H,32,33)/b13-10+. The second-order valence-electron chi connectivity index (χ2n) is 10.4. The number of hydrogen-bond donors (Lipinski definition) is 2. The first-order valence-electron chi connectivity index (χ1n) is 11.7. The minimum atomic E-state index is -3.63. The van der Waals surface area contributed by atoms with E-state index in [9.17, 15) is 22.7 Å². The zero-order chi connectivity index (χ0) is 27.4. The topological polar surface area (TPSA) is 121 Å². The predicted molar refractivity (Wildman–Crippen MR) is 140 cm³/mol. The lowest BCUT2D eigenvalue weighted by molar-refractivity contribution is -0.139. The summed E-state index contributed by atoms with van der Waals surface area (Å²) in [6, 6.07) is 5.75. The van der Waals surface area contributed by atoms with Crippen LogP contribution in [0.2, 0.25) is 0 Å². The molecule has 8 nitrogen and oxygen atoms in total. The number of allylic oxidation sites excluding steroid dienone is 1. The highest BCUT2D eigenvalue weighted by Crippen LogP contribution is 2.35. The number of sulfonamides is 1. The summed E-state index contributed by atoms with van der Waals surface area (Å²) in [5.41, 5.74) is 1.98. The molecule has 0 saturated heterocycles. The second-order valence-corrected chi connectivity index (χ2v) is 12.4. The molecule has 1 heterocycles. The van der Waals surface area contributed by atoms with Gasteiger partial charge in [0.1, 0.15) is 5.82 Å². The van der Waals surface area contributed by atoms with Gasteiger partial charge in [0.2, 0.25) is 16.0 Å². The number of hydrogen-bond acceptors (Lipinski definition) is 6. The lowest BCUT2D eigenvalue weighted by Crippen LogP contribution is -2.27. The maximum Gasteiger partial charge on any atom is 0.305 e. The molecule has 2 aromatic rings. The van der Waals surface area contributed by atoms with Gasteiger partial charge >= 0.3 is 5.97 Å². The number of aromatic nitrogens is 2. The molecule has 0 aliphatic heterocycles. The van der Waals surface area contributed by atoms with E-state index < -0.39 is 27.9 Å². The third-order valence-electron chi connectivity index (χ3n) is 5.95. The normalized spacial score (nSPS) is 14.3. The molecule has 0 fully saturated rings. The van der Waals surface area contributed by atoms with E-state index in [0.717, 1.165) is 10.6 Å². The van der Waals surface area contributed by atoms with Crippen LogP contribution in [0.4, 0.5) is 10.3 Å². The van der Waals surface area contributed by atoms with Crippen LogP contribution in [0.5, 0.6) is 0 Å². The summed E-state index contributed by atoms with van der Waals surface area (Å²) in [5.74, 6) is -1.78. The number of aliphatic hydroxyl groups excluding tert-OH is 1. The second kappa shape index (κ2) is 11.5. The zero-order valence-electron chi connectivity index (χ0n) is 21.9. The summed E-state index contributed by atoms with van der Waals surface area (Å²) >= 11 is 0. The van der Waals surface area contributed by atoms with E-state index in [-0.39, 0.29) is 36.0 Å². The predicted octanol–water partition coefficient (Wildman–Crippen LogP) is 4.70. The van der Waals surface area contributed by atoms with Crippen molar-refractivity contribution in [3.05, 3.63) is 47.4 Å². The van der Waals surface area contributed by atoms with Crippen molar-refractivity contribution in [2.24, 2.45) is 11.3 Å². The van der Waals surface area contributed by atoms with Crippen molar-refractivity contribution in [1.29, 1.82) is 0 Å². The molecule has 0 aliphatic carbocycles. The molecule has 0 radical (unpaired) electrons. The summed E-state index contributed by atoms with van der Waals surface area (Å²) < 4.78 is 39.1. The number of carbonyl (C=O) groups is 1. The minimum absolute atomic E-state index is 0.00178. The largest absolute Gasteiger partial charge is 0.481 e. The van der Waals surface area contributed by atoms with Crippen LogP contribution in [-0.4, -0.2) is 54.0 Å². The Morgan fingerprint density at radius 1 is 1.17 bits per heavy atom. The van der Waals surface area contributed by atoms with Crippen LogP contribution in [0.25, 0.3) is 17.3 Å². The van der Waals surface area contributed by atoms with Crippen LogP contribution in [0.3, 0.4) is 0 Å². The fourth-order valence-electron chi connectivity index (χ4n) is 3.71. The highest BCUT2D eigenvalue weighted by atomic mass is 32.2. The number of carboxylic acid groups (broad SMARTS) is 1. The number of carboxylic acids is 1. The Morgan fingerprint density at radius 2 is 1.75 bits per heavy atom. The van der Waals surface area contributed by atoms with Gasteiger partial charge in [-0.1, -0.05) is 46.8 Å². The van der Waals surface area contributed by atoms with Crippen molar-refractivity contribution in [1.82, 2.24) is 9.97 Å². The van der Waals surface area contributed by atoms with E-state index in [1.54, 1.807) is 12.1 Å². The Labute approximate surface area is 213 Å². The molecule has 2 rings (SSSR count). The summed E-state index contributed by atoms with van der Waals surface area (Å²) in [7, 11) is -2.26. The van der Waals surface area contributed by atoms with E-state index in [0.29, 0.717) is 22.5 Å². The quantitative estimate of drug-likeness (QED) is 0.465. The van der Waals surface area contributed by atoms with Crippen LogP contribution in [0, 0.1) is 17.2 Å². The summed E-state index contributed by atoms with van der Waals surface area (Å²) in [5, 5.41) is 19.3. The fraction of sp³-hybridized carbons (Fsp3) is 0.500. The molecule has 0 amide bonds. The summed E-state index contributed by atoms with van der Waals surface area (Å²) in [6.07, 6.45) is 3.68. The Balaban J connectivity index is 2.73. The molecule has 0 saturated carbocycles. The lowest BCUT2D eigenvalue weighted by Gasteiger charge is -2.30. The van der Waals surface area contributed by atoms with Crippen molar-refractivity contribution >= 4 is 28.0 Å². The fourth-order valence-corrected chi connectivity index (χ4v) is 4.09. The SMILES string of the molecule is CC(C)c1nc(N(C)S(C)(=O)=O)nc(-c2ccc(F)cc2)c1/C=C/C(CC(O)CC(=O)O)C(C)(C)C. The molecule has 198 valence electrons. The number of rotatable bonds is 10. The average molecular weight is 522 g/mol. The molecule has 2 unspecified atom stereocenters. The molecular weight excluding hydrogens is 485 g/mol. The van der Waals surface area contributed by atoms with Gasteiger partial charge in [0.05, 0.1) is 30.2 Å².